The number of hydrogen-bond acceptors (Lipinski definition) is 20. The van der Waals surface area contributed by atoms with Gasteiger partial charge < -0.3 is 19.6 Å². The minimum Gasteiger partial charge on any atom is -0.334 e. The van der Waals surface area contributed by atoms with Crippen LogP contribution in [0.4, 0.5) is 23.3 Å². The predicted molar refractivity (Wildman–Crippen MR) is 129 cm³/mol. The summed E-state index contributed by atoms with van der Waals surface area (Å²) in [7, 11) is 0. The first-order valence-corrected chi connectivity index (χ1v) is 12.8. The minimum atomic E-state index is -0.585. The van der Waals surface area contributed by atoms with Crippen molar-refractivity contribution in [2.75, 3.05) is 52.4 Å². The van der Waals surface area contributed by atoms with E-state index < -0.39 is 23.6 Å². The number of carbonyl (C=O) groups is 4. The number of amides is 4. The molecular formula is C20H16N16O8. The molecule has 0 saturated carbocycles. The van der Waals surface area contributed by atoms with Crippen LogP contribution in [0.15, 0.2) is 39.0 Å². The van der Waals surface area contributed by atoms with Crippen molar-refractivity contribution >= 4 is 46.9 Å². The Balaban J connectivity index is 1.21. The number of rotatable bonds is 0. The van der Waals surface area contributed by atoms with Crippen molar-refractivity contribution < 1.29 is 37.7 Å². The molecule has 4 aromatic heterocycles. The van der Waals surface area contributed by atoms with E-state index in [-0.39, 0.29) is 98.4 Å². The van der Waals surface area contributed by atoms with E-state index in [0.29, 0.717) is 0 Å². The van der Waals surface area contributed by atoms with E-state index in [2.05, 4.69) is 61.7 Å². The highest BCUT2D eigenvalue weighted by Gasteiger charge is 2.34. The third-order valence-corrected chi connectivity index (χ3v) is 6.88. The Kier molecular flexibility index (Phi) is 6.51. The van der Waals surface area contributed by atoms with Crippen LogP contribution < -0.4 is 0 Å². The van der Waals surface area contributed by atoms with Crippen LogP contribution in [0.1, 0.15) is 42.0 Å². The zero-order valence-corrected chi connectivity index (χ0v) is 22.1. The van der Waals surface area contributed by atoms with Crippen LogP contribution in [0.25, 0.3) is 0 Å². The van der Waals surface area contributed by atoms with Gasteiger partial charge in [-0.05, 0) is 41.3 Å². The van der Waals surface area contributed by atoms with Gasteiger partial charge in [0.1, 0.15) is 0 Å². The molecule has 2 saturated heterocycles. The molecule has 4 aromatic rings. The second-order valence-corrected chi connectivity index (χ2v) is 9.31. The molecule has 224 valence electrons. The third-order valence-electron chi connectivity index (χ3n) is 6.88. The number of nitrogens with zero attached hydrogens (tertiary/aromatic N) is 16. The highest BCUT2D eigenvalue weighted by Crippen LogP contribution is 2.25. The van der Waals surface area contributed by atoms with Crippen LogP contribution in [-0.4, -0.2) is 137 Å². The van der Waals surface area contributed by atoms with Crippen LogP contribution in [0.5, 0.6) is 0 Å². The van der Waals surface area contributed by atoms with Crippen molar-refractivity contribution in [3.05, 3.63) is 22.8 Å². The second-order valence-electron chi connectivity index (χ2n) is 9.31. The molecule has 0 radical (unpaired) electrons. The number of hydrogen-bond donors (Lipinski definition) is 0. The van der Waals surface area contributed by atoms with Crippen LogP contribution in [0, 0.1) is 0 Å². The number of piperazine rings is 2. The molecule has 0 aliphatic carbocycles. The van der Waals surface area contributed by atoms with Crippen LogP contribution in [0.2, 0.25) is 0 Å². The lowest BCUT2D eigenvalue weighted by molar-refractivity contribution is 0.0524. The van der Waals surface area contributed by atoms with Crippen LogP contribution in [-0.2, 0) is 0 Å². The fourth-order valence-corrected chi connectivity index (χ4v) is 4.55. The zero-order chi connectivity index (χ0) is 30.2. The van der Waals surface area contributed by atoms with Crippen molar-refractivity contribution in [1.29, 1.82) is 0 Å². The average molecular weight is 608 g/mol. The van der Waals surface area contributed by atoms with Crippen molar-refractivity contribution in [3.63, 3.8) is 0 Å². The van der Waals surface area contributed by atoms with E-state index in [0.717, 1.165) is 0 Å². The molecule has 0 spiro atoms. The molecule has 10 heterocycles. The summed E-state index contributed by atoms with van der Waals surface area (Å²) in [4.78, 5) is 58.3. The molecule has 6 aliphatic heterocycles. The van der Waals surface area contributed by atoms with Gasteiger partial charge in [0.15, 0.2) is 0 Å². The summed E-state index contributed by atoms with van der Waals surface area (Å²) < 4.78 is 18.8. The largest absolute Gasteiger partial charge is 0.334 e. The molecule has 10 rings (SSSR count). The normalized spacial score (nSPS) is 18.0. The highest BCUT2D eigenvalue weighted by atomic mass is 16.6. The average Bonchev–Trinajstić information content (AvgIpc) is 3.88. The monoisotopic (exact) mass is 608 g/mol. The first-order chi connectivity index (χ1) is 21.5. The SMILES string of the molecule is O=C1c2nonc2N=Nc2nonc2C(=O)N2CCN(CC2)C(=O)c2nonc2N=Nc2nonc2C(=O)N2CCN1CC2. The summed E-state index contributed by atoms with van der Waals surface area (Å²) in [6.07, 6.45) is 0. The lowest BCUT2D eigenvalue weighted by Gasteiger charge is -2.33. The summed E-state index contributed by atoms with van der Waals surface area (Å²) in [6, 6.07) is 0. The van der Waals surface area contributed by atoms with Gasteiger partial charge in [0, 0.05) is 52.4 Å². The van der Waals surface area contributed by atoms with Crippen LogP contribution >= 0.6 is 0 Å². The molecule has 6 aliphatic rings. The maximum atomic E-state index is 13.2. The Morgan fingerprint density at radius 2 is 0.545 bits per heavy atom. The first kappa shape index (κ1) is 26.5. The summed E-state index contributed by atoms with van der Waals surface area (Å²) in [5.74, 6) is -3.44. The first-order valence-electron chi connectivity index (χ1n) is 12.8. The second kappa shape index (κ2) is 10.8. The Labute approximate surface area is 241 Å². The number of carbonyl (C=O) groups excluding carboxylic acids is 4. The van der Waals surface area contributed by atoms with Crippen molar-refractivity contribution in [2.24, 2.45) is 20.5 Å². The van der Waals surface area contributed by atoms with Gasteiger partial charge in [-0.3, -0.25) is 19.2 Å². The molecule has 4 bridgehead atoms. The predicted octanol–water partition coefficient (Wildman–Crippen LogP) is -0.441. The summed E-state index contributed by atoms with van der Waals surface area (Å²) in [5, 5.41) is 44.5. The Morgan fingerprint density at radius 1 is 0.341 bits per heavy atom. The summed E-state index contributed by atoms with van der Waals surface area (Å²) in [5.41, 5.74) is -1.01. The van der Waals surface area contributed by atoms with Crippen molar-refractivity contribution in [3.8, 4) is 0 Å². The quantitative estimate of drug-likeness (QED) is 0.244. The van der Waals surface area contributed by atoms with Gasteiger partial charge in [-0.2, -0.15) is 0 Å². The zero-order valence-electron chi connectivity index (χ0n) is 22.1. The number of aromatic nitrogens is 8. The number of azo groups is 2. The molecule has 44 heavy (non-hydrogen) atoms. The lowest BCUT2D eigenvalue weighted by atomic mass is 10.2. The molecule has 0 N–H and O–H groups in total. The molecule has 24 nitrogen and oxygen atoms in total. The maximum absolute atomic E-state index is 13.2. The Bertz CT molecular complexity index is 1540. The van der Waals surface area contributed by atoms with E-state index in [1.165, 1.54) is 19.6 Å². The van der Waals surface area contributed by atoms with Crippen LogP contribution in [0.3, 0.4) is 0 Å². The van der Waals surface area contributed by atoms with E-state index >= 15 is 0 Å². The molecule has 0 atom stereocenters. The standard InChI is InChI=1S/C20H16N16O8/c37-17-9-13(29-41-25-9)21-23-15-11(27-43-31-15)19(39)35-5-7-36(8-6-35)20(40)12-16(32-44-28-12)24-22-14-10(26-42-30-14)18(38)34-2-1-33(17)3-4-34/h1-8H2. The van der Waals surface area contributed by atoms with Gasteiger partial charge in [0.2, 0.25) is 22.8 Å². The summed E-state index contributed by atoms with van der Waals surface area (Å²) >= 11 is 0. The smallest absolute Gasteiger partial charge is 0.280 e. The van der Waals surface area contributed by atoms with Crippen molar-refractivity contribution in [2.45, 2.75) is 0 Å². The molecular weight excluding hydrogens is 592 g/mol. The molecule has 2 fully saturated rings. The lowest BCUT2D eigenvalue weighted by Crippen LogP contribution is -2.50. The van der Waals surface area contributed by atoms with Crippen molar-refractivity contribution in [1.82, 2.24) is 60.9 Å². The van der Waals surface area contributed by atoms with Gasteiger partial charge in [-0.25, -0.2) is 18.5 Å². The molecule has 0 aromatic carbocycles. The van der Waals surface area contributed by atoms with E-state index in [1.54, 1.807) is 0 Å². The van der Waals surface area contributed by atoms with E-state index in [1.807, 2.05) is 0 Å². The molecule has 4 amide bonds. The third kappa shape index (κ3) is 4.68. The van der Waals surface area contributed by atoms with Gasteiger partial charge >= 0.3 is 0 Å². The highest BCUT2D eigenvalue weighted by molar-refractivity contribution is 5.99. The summed E-state index contributed by atoms with van der Waals surface area (Å²) in [6.45, 7) is 0.813. The van der Waals surface area contributed by atoms with Gasteiger partial charge in [0.25, 0.3) is 46.9 Å². The fourth-order valence-electron chi connectivity index (χ4n) is 4.55. The van der Waals surface area contributed by atoms with Gasteiger partial charge in [-0.1, -0.05) is 0 Å². The minimum absolute atomic E-state index is 0.102. The maximum Gasteiger partial charge on any atom is 0.280 e. The van der Waals surface area contributed by atoms with Gasteiger partial charge in [0.05, 0.1) is 0 Å². The molecule has 24 heteroatoms. The Hall–Kier alpha value is -6.36. The fraction of sp³-hybridized carbons (Fsp3) is 0.400. The topological polar surface area (TPSA) is 286 Å². The van der Waals surface area contributed by atoms with E-state index in [9.17, 15) is 19.2 Å². The van der Waals surface area contributed by atoms with Gasteiger partial charge in [-0.15, -0.1) is 20.5 Å². The molecule has 0 unspecified atom stereocenters. The van der Waals surface area contributed by atoms with E-state index in [4.69, 9.17) is 18.5 Å². The Morgan fingerprint density at radius 3 is 0.750 bits per heavy atom.